The number of methoxy groups -OCH3 is 1. The molecule has 2 aliphatic rings. The Morgan fingerprint density at radius 2 is 2.04 bits per heavy atom. The van der Waals surface area contributed by atoms with Gasteiger partial charge in [-0.25, -0.2) is 4.39 Å². The van der Waals surface area contributed by atoms with Gasteiger partial charge in [0.15, 0.2) is 11.5 Å². The van der Waals surface area contributed by atoms with Crippen molar-refractivity contribution in [2.45, 2.75) is 25.2 Å². The second kappa shape index (κ2) is 6.78. The van der Waals surface area contributed by atoms with Crippen molar-refractivity contribution in [3.05, 3.63) is 53.6 Å². The molecule has 4 rings (SSSR count). The lowest BCUT2D eigenvalue weighted by molar-refractivity contribution is 0.0765. The number of hydrogen-bond donors (Lipinski definition) is 0. The normalized spacial score (nSPS) is 21.2. The summed E-state index contributed by atoms with van der Waals surface area (Å²) in [4.78, 5) is 18.8. The molecule has 0 radical (unpaired) electrons. The summed E-state index contributed by atoms with van der Waals surface area (Å²) < 4.78 is 25.0. The first-order valence-corrected chi connectivity index (χ1v) is 8.53. The van der Waals surface area contributed by atoms with Crippen LogP contribution in [-0.2, 0) is 6.61 Å². The largest absolute Gasteiger partial charge is 0.493 e. The molecule has 0 spiro atoms. The molecule has 0 aliphatic carbocycles. The number of alkyl halides is 1. The summed E-state index contributed by atoms with van der Waals surface area (Å²) in [6.07, 6.45) is 0.932. The summed E-state index contributed by atoms with van der Waals surface area (Å²) >= 11 is 0. The minimum Gasteiger partial charge on any atom is -0.493 e. The van der Waals surface area contributed by atoms with E-state index in [-0.39, 0.29) is 24.9 Å². The first-order chi connectivity index (χ1) is 12.7. The van der Waals surface area contributed by atoms with E-state index in [1.807, 2.05) is 30.3 Å². The maximum absolute atomic E-state index is 13.7. The Balaban J connectivity index is 1.65. The Kier molecular flexibility index (Phi) is 4.32. The fraction of sp³-hybridized carbons (Fsp3) is 0.300. The van der Waals surface area contributed by atoms with Crippen LogP contribution >= 0.6 is 0 Å². The Morgan fingerprint density at radius 1 is 1.23 bits per heavy atom. The molecule has 134 valence electrons. The van der Waals surface area contributed by atoms with Gasteiger partial charge in [0, 0.05) is 18.7 Å². The summed E-state index contributed by atoms with van der Waals surface area (Å²) in [6, 6.07) is 12.8. The molecule has 0 bridgehead atoms. The molecule has 2 aliphatic heterocycles. The van der Waals surface area contributed by atoms with Crippen LogP contribution in [0.25, 0.3) is 0 Å². The van der Waals surface area contributed by atoms with Gasteiger partial charge in [0.25, 0.3) is 5.91 Å². The van der Waals surface area contributed by atoms with Crippen LogP contribution in [0.5, 0.6) is 11.5 Å². The SMILES string of the molecule is COc1cc2c(cc1OCc1ccccc1)N=C[C@@H]1C[C@@H](F)CN1C2=O. The van der Waals surface area contributed by atoms with Crippen LogP contribution in [0.3, 0.4) is 0 Å². The van der Waals surface area contributed by atoms with E-state index in [4.69, 9.17) is 9.47 Å². The van der Waals surface area contributed by atoms with Gasteiger partial charge in [0.1, 0.15) is 12.8 Å². The zero-order valence-corrected chi connectivity index (χ0v) is 14.4. The number of hydrogen-bond acceptors (Lipinski definition) is 4. The molecule has 26 heavy (non-hydrogen) atoms. The number of aliphatic imine (C=N–C) groups is 1. The highest BCUT2D eigenvalue weighted by Gasteiger charge is 2.37. The number of amides is 1. The van der Waals surface area contributed by atoms with Crippen LogP contribution in [0.15, 0.2) is 47.5 Å². The smallest absolute Gasteiger partial charge is 0.256 e. The average Bonchev–Trinajstić information content (AvgIpc) is 3.00. The molecule has 1 amide bonds. The molecular formula is C20H19FN2O3. The van der Waals surface area contributed by atoms with Gasteiger partial charge < -0.3 is 14.4 Å². The molecule has 0 N–H and O–H groups in total. The number of halogens is 1. The number of carbonyl (C=O) groups excluding carboxylic acids is 1. The van der Waals surface area contributed by atoms with Gasteiger partial charge in [-0.2, -0.15) is 0 Å². The minimum atomic E-state index is -1.01. The van der Waals surface area contributed by atoms with Crippen LogP contribution in [0.2, 0.25) is 0 Å². The van der Waals surface area contributed by atoms with E-state index in [1.54, 1.807) is 18.3 Å². The van der Waals surface area contributed by atoms with E-state index in [1.165, 1.54) is 12.0 Å². The number of ether oxygens (including phenoxy) is 2. The van der Waals surface area contributed by atoms with Gasteiger partial charge in [-0.1, -0.05) is 30.3 Å². The van der Waals surface area contributed by atoms with E-state index in [0.717, 1.165) is 5.56 Å². The molecular weight excluding hydrogens is 335 g/mol. The Hall–Kier alpha value is -2.89. The predicted molar refractivity (Wildman–Crippen MR) is 96.3 cm³/mol. The van der Waals surface area contributed by atoms with Crippen LogP contribution < -0.4 is 9.47 Å². The Labute approximate surface area is 151 Å². The fourth-order valence-corrected chi connectivity index (χ4v) is 3.34. The highest BCUT2D eigenvalue weighted by molar-refractivity contribution is 6.03. The van der Waals surface area contributed by atoms with Gasteiger partial charge in [-0.15, -0.1) is 0 Å². The molecule has 0 aromatic heterocycles. The zero-order chi connectivity index (χ0) is 18.1. The average molecular weight is 354 g/mol. The van der Waals surface area contributed by atoms with E-state index in [2.05, 4.69) is 4.99 Å². The maximum atomic E-state index is 13.7. The standard InChI is InChI=1S/C20H19FN2O3/c1-25-18-8-16-17(9-19(18)26-12-13-5-3-2-4-6-13)22-10-15-7-14(21)11-23(15)20(16)24/h2-6,8-10,14-15H,7,11-12H2,1H3/t14-,15+/m1/s1. The molecule has 6 heteroatoms. The summed E-state index contributed by atoms with van der Waals surface area (Å²) in [7, 11) is 1.53. The summed E-state index contributed by atoms with van der Waals surface area (Å²) in [6.45, 7) is 0.482. The fourth-order valence-electron chi connectivity index (χ4n) is 3.34. The zero-order valence-electron chi connectivity index (χ0n) is 14.4. The van der Waals surface area contributed by atoms with Gasteiger partial charge >= 0.3 is 0 Å². The highest BCUT2D eigenvalue weighted by atomic mass is 19.1. The summed E-state index contributed by atoms with van der Waals surface area (Å²) in [5.74, 6) is 0.749. The first kappa shape index (κ1) is 16.6. The third-order valence-corrected chi connectivity index (χ3v) is 4.69. The van der Waals surface area contributed by atoms with Gasteiger partial charge in [-0.3, -0.25) is 9.79 Å². The van der Waals surface area contributed by atoms with Crippen LogP contribution in [0.4, 0.5) is 10.1 Å². The maximum Gasteiger partial charge on any atom is 0.256 e. The van der Waals surface area contributed by atoms with Crippen molar-refractivity contribution in [2.24, 2.45) is 4.99 Å². The van der Waals surface area contributed by atoms with E-state index in [9.17, 15) is 9.18 Å². The Bertz CT molecular complexity index is 854. The number of fused-ring (bicyclic) bond motifs is 2. The molecule has 0 saturated carbocycles. The number of rotatable bonds is 4. The van der Waals surface area contributed by atoms with Crippen molar-refractivity contribution in [1.29, 1.82) is 0 Å². The second-order valence-corrected chi connectivity index (χ2v) is 6.43. The van der Waals surface area contributed by atoms with Crippen LogP contribution in [0, 0.1) is 0 Å². The van der Waals surface area contributed by atoms with E-state index in [0.29, 0.717) is 29.4 Å². The van der Waals surface area contributed by atoms with E-state index < -0.39 is 6.17 Å². The van der Waals surface area contributed by atoms with E-state index >= 15 is 0 Å². The number of carbonyl (C=O) groups is 1. The van der Waals surface area contributed by atoms with Gasteiger partial charge in [0.2, 0.25) is 0 Å². The quantitative estimate of drug-likeness (QED) is 0.844. The molecule has 2 atom stereocenters. The molecule has 5 nitrogen and oxygen atoms in total. The molecule has 0 unspecified atom stereocenters. The third-order valence-electron chi connectivity index (χ3n) is 4.69. The minimum absolute atomic E-state index is 0.101. The molecule has 2 heterocycles. The topological polar surface area (TPSA) is 51.1 Å². The highest BCUT2D eigenvalue weighted by Crippen LogP contribution is 2.38. The summed E-state index contributed by atoms with van der Waals surface area (Å²) in [5, 5.41) is 0. The molecule has 1 fully saturated rings. The molecule has 2 aromatic carbocycles. The lowest BCUT2D eigenvalue weighted by Crippen LogP contribution is -2.35. The van der Waals surface area contributed by atoms with Crippen molar-refractivity contribution in [3.8, 4) is 11.5 Å². The monoisotopic (exact) mass is 354 g/mol. The first-order valence-electron chi connectivity index (χ1n) is 8.53. The van der Waals surface area contributed by atoms with Crippen molar-refractivity contribution in [3.63, 3.8) is 0 Å². The summed E-state index contributed by atoms with van der Waals surface area (Å²) in [5.41, 5.74) is 1.95. The van der Waals surface area contributed by atoms with Gasteiger partial charge in [0.05, 0.1) is 30.9 Å². The van der Waals surface area contributed by atoms with Crippen molar-refractivity contribution in [1.82, 2.24) is 4.90 Å². The second-order valence-electron chi connectivity index (χ2n) is 6.43. The Morgan fingerprint density at radius 3 is 2.81 bits per heavy atom. The lowest BCUT2D eigenvalue weighted by atomic mass is 10.1. The van der Waals surface area contributed by atoms with Crippen LogP contribution in [0.1, 0.15) is 22.3 Å². The van der Waals surface area contributed by atoms with Crippen molar-refractivity contribution >= 4 is 17.8 Å². The lowest BCUT2D eigenvalue weighted by Gasteiger charge is -2.20. The predicted octanol–water partition coefficient (Wildman–Crippen LogP) is 3.54. The van der Waals surface area contributed by atoms with Crippen molar-refractivity contribution in [2.75, 3.05) is 13.7 Å². The van der Waals surface area contributed by atoms with Crippen LogP contribution in [-0.4, -0.2) is 42.9 Å². The molecule has 1 saturated heterocycles. The van der Waals surface area contributed by atoms with Gasteiger partial charge in [-0.05, 0) is 11.6 Å². The molecule has 2 aromatic rings. The van der Waals surface area contributed by atoms with Crippen molar-refractivity contribution < 1.29 is 18.7 Å². The number of nitrogens with zero attached hydrogens (tertiary/aromatic N) is 2. The third kappa shape index (κ3) is 3.03. The number of benzene rings is 2.